The molecule has 200 valence electrons. The lowest BCUT2D eigenvalue weighted by molar-refractivity contribution is 0.296. The third-order valence-corrected chi connectivity index (χ3v) is 8.98. The molecule has 0 aliphatic carbocycles. The summed E-state index contributed by atoms with van der Waals surface area (Å²) in [6, 6.07) is 22.4. The van der Waals surface area contributed by atoms with E-state index in [1.54, 1.807) is 0 Å². The van der Waals surface area contributed by atoms with Crippen molar-refractivity contribution in [3.63, 3.8) is 0 Å². The lowest BCUT2D eigenvalue weighted by Crippen LogP contribution is -2.25. The molecule has 0 radical (unpaired) electrons. The average Bonchev–Trinajstić information content (AvgIpc) is 2.83. The number of hydrogen-bond donors (Lipinski definition) is 0. The van der Waals surface area contributed by atoms with Crippen molar-refractivity contribution in [1.29, 1.82) is 0 Å². The molecule has 0 heterocycles. The number of nitrogens with zero attached hydrogens (tertiary/aromatic N) is 1. The molecule has 37 heavy (non-hydrogen) atoms. The van der Waals surface area contributed by atoms with Gasteiger partial charge in [0.1, 0.15) is 12.4 Å². The molecule has 2 unspecified atom stereocenters. The second-order valence-electron chi connectivity index (χ2n) is 12.2. The van der Waals surface area contributed by atoms with Gasteiger partial charge in [0.15, 0.2) is 0 Å². The fourth-order valence-corrected chi connectivity index (χ4v) is 6.64. The highest BCUT2D eigenvalue weighted by atomic mass is 31.1. The Kier molecular flexibility index (Phi) is 10.0. The van der Waals surface area contributed by atoms with E-state index in [0.717, 1.165) is 18.7 Å². The van der Waals surface area contributed by atoms with Gasteiger partial charge in [0.25, 0.3) is 0 Å². The first-order valence-corrected chi connectivity index (χ1v) is 14.8. The van der Waals surface area contributed by atoms with E-state index >= 15 is 0 Å². The highest BCUT2D eigenvalue weighted by Gasteiger charge is 2.33. The minimum absolute atomic E-state index is 0.00955. The summed E-state index contributed by atoms with van der Waals surface area (Å²) in [5.74, 6) is 1.07. The summed E-state index contributed by atoms with van der Waals surface area (Å²) in [6.45, 7) is 17.7. The van der Waals surface area contributed by atoms with Gasteiger partial charge in [-0.15, -0.1) is 0 Å². The Labute approximate surface area is 228 Å². The molecule has 0 fully saturated rings. The molecular formula is C34H48NOP. The summed E-state index contributed by atoms with van der Waals surface area (Å²) >= 11 is 0. The third kappa shape index (κ3) is 7.92. The molecular weight excluding hydrogens is 469 g/mol. The predicted octanol–water partition coefficient (Wildman–Crippen LogP) is 8.65. The number of rotatable bonds is 11. The molecule has 0 saturated heterocycles. The normalized spacial score (nSPS) is 13.9. The first-order valence-electron chi connectivity index (χ1n) is 13.8. The van der Waals surface area contributed by atoms with Crippen molar-refractivity contribution >= 4 is 13.9 Å². The largest absolute Gasteiger partial charge is 0.488 e. The predicted molar refractivity (Wildman–Crippen MR) is 164 cm³/mol. The zero-order valence-corrected chi connectivity index (χ0v) is 25.7. The summed E-state index contributed by atoms with van der Waals surface area (Å²) in [5.41, 5.74) is 8.06. The van der Waals surface area contributed by atoms with Crippen LogP contribution in [0.5, 0.6) is 5.75 Å². The molecule has 3 aromatic rings. The Bertz CT molecular complexity index is 1160. The average molecular weight is 518 g/mol. The highest BCUT2D eigenvalue weighted by Crippen LogP contribution is 2.50. The topological polar surface area (TPSA) is 12.5 Å². The van der Waals surface area contributed by atoms with Gasteiger partial charge in [0, 0.05) is 17.3 Å². The number of ether oxygens (including phenoxy) is 1. The van der Waals surface area contributed by atoms with E-state index in [1.165, 1.54) is 51.5 Å². The van der Waals surface area contributed by atoms with Gasteiger partial charge >= 0.3 is 0 Å². The maximum atomic E-state index is 6.70. The molecule has 3 rings (SSSR count). The van der Waals surface area contributed by atoms with Gasteiger partial charge in [-0.25, -0.2) is 0 Å². The van der Waals surface area contributed by atoms with Crippen molar-refractivity contribution in [3.05, 3.63) is 94.0 Å². The first kappa shape index (κ1) is 29.4. The van der Waals surface area contributed by atoms with Crippen LogP contribution in [0.2, 0.25) is 0 Å². The molecule has 0 aromatic heterocycles. The minimum Gasteiger partial charge on any atom is -0.488 e. The fraction of sp³-hybridized carbons (Fsp3) is 0.471. The molecule has 2 nitrogen and oxygen atoms in total. The summed E-state index contributed by atoms with van der Waals surface area (Å²) in [5, 5.41) is 1.47. The van der Waals surface area contributed by atoms with Gasteiger partial charge in [-0.1, -0.05) is 122 Å². The number of benzene rings is 3. The number of hydrogen-bond acceptors (Lipinski definition) is 2. The zero-order chi connectivity index (χ0) is 27.2. The molecule has 3 heteroatoms. The van der Waals surface area contributed by atoms with Crippen molar-refractivity contribution in [1.82, 2.24) is 4.90 Å². The van der Waals surface area contributed by atoms with E-state index in [9.17, 15) is 0 Å². The van der Waals surface area contributed by atoms with Crippen LogP contribution in [0.4, 0.5) is 0 Å². The van der Waals surface area contributed by atoms with Crippen LogP contribution in [-0.4, -0.2) is 19.0 Å². The lowest BCUT2D eigenvalue weighted by atomic mass is 9.82. The standard InChI is InChI=1S/C34H48NOP/c1-10-11-19-34(7,37-31-18-17-25(2)20-28(31)23-35(8)9)30-22-29(33(4,5)6)21-26(3)32(30)36-24-27-15-13-12-14-16-27/h12-18,20-22,37H,10-11,19,23-24H2,1-9H3. The summed E-state index contributed by atoms with van der Waals surface area (Å²) < 4.78 is 6.70. The van der Waals surface area contributed by atoms with Crippen molar-refractivity contribution in [3.8, 4) is 5.75 Å². The molecule has 0 saturated carbocycles. The SMILES string of the molecule is CCCCC(C)(Pc1ccc(C)cc1CN(C)C)c1cc(C(C)(C)C)cc(C)c1OCc1ccccc1. The Morgan fingerprint density at radius 1 is 0.892 bits per heavy atom. The molecule has 2 atom stereocenters. The van der Waals surface area contributed by atoms with E-state index in [-0.39, 0.29) is 10.6 Å². The van der Waals surface area contributed by atoms with Crippen molar-refractivity contribution in [2.45, 2.75) is 91.5 Å². The summed E-state index contributed by atoms with van der Waals surface area (Å²) in [6.07, 6.45) is 3.54. The number of unbranched alkanes of at least 4 members (excludes halogenated alkanes) is 1. The Hall–Kier alpha value is -2.15. The minimum atomic E-state index is -0.00955. The molecule has 0 aliphatic heterocycles. The molecule has 0 bridgehead atoms. The molecule has 0 aliphatic rings. The first-order chi connectivity index (χ1) is 17.4. The second kappa shape index (κ2) is 12.6. The van der Waals surface area contributed by atoms with Gasteiger partial charge < -0.3 is 9.64 Å². The zero-order valence-electron chi connectivity index (χ0n) is 24.7. The van der Waals surface area contributed by atoms with Crippen LogP contribution in [-0.2, 0) is 23.7 Å². The van der Waals surface area contributed by atoms with Crippen LogP contribution in [0.1, 0.15) is 87.3 Å². The van der Waals surface area contributed by atoms with Crippen LogP contribution in [0, 0.1) is 13.8 Å². The van der Waals surface area contributed by atoms with Crippen LogP contribution >= 0.6 is 8.58 Å². The highest BCUT2D eigenvalue weighted by molar-refractivity contribution is 7.48. The van der Waals surface area contributed by atoms with Crippen molar-refractivity contribution in [2.24, 2.45) is 0 Å². The van der Waals surface area contributed by atoms with Crippen molar-refractivity contribution in [2.75, 3.05) is 14.1 Å². The van der Waals surface area contributed by atoms with Crippen molar-refractivity contribution < 1.29 is 4.74 Å². The molecule has 3 aromatic carbocycles. The van der Waals surface area contributed by atoms with Crippen LogP contribution in [0.3, 0.4) is 0 Å². The Balaban J connectivity index is 2.15. The van der Waals surface area contributed by atoms with E-state index in [0.29, 0.717) is 15.2 Å². The van der Waals surface area contributed by atoms with Gasteiger partial charge in [-0.3, -0.25) is 0 Å². The van der Waals surface area contributed by atoms with Gasteiger partial charge in [0.05, 0.1) is 0 Å². The van der Waals surface area contributed by atoms with E-state index < -0.39 is 0 Å². The van der Waals surface area contributed by atoms with Gasteiger partial charge in [-0.2, -0.15) is 0 Å². The Morgan fingerprint density at radius 3 is 2.22 bits per heavy atom. The second-order valence-corrected chi connectivity index (χ2v) is 14.0. The summed E-state index contributed by atoms with van der Waals surface area (Å²) in [4.78, 5) is 2.28. The van der Waals surface area contributed by atoms with Gasteiger partial charge in [0.2, 0.25) is 0 Å². The smallest absolute Gasteiger partial charge is 0.126 e. The van der Waals surface area contributed by atoms with Crippen LogP contribution in [0.15, 0.2) is 60.7 Å². The fourth-order valence-electron chi connectivity index (χ4n) is 4.95. The maximum Gasteiger partial charge on any atom is 0.126 e. The molecule has 0 amide bonds. The lowest BCUT2D eigenvalue weighted by Gasteiger charge is -2.35. The van der Waals surface area contributed by atoms with E-state index in [1.807, 2.05) is 0 Å². The van der Waals surface area contributed by atoms with Crippen LogP contribution in [0.25, 0.3) is 0 Å². The summed E-state index contributed by atoms with van der Waals surface area (Å²) in [7, 11) is 5.00. The molecule has 0 spiro atoms. The van der Waals surface area contributed by atoms with E-state index in [4.69, 9.17) is 4.74 Å². The van der Waals surface area contributed by atoms with Gasteiger partial charge in [-0.05, 0) is 67.3 Å². The monoisotopic (exact) mass is 517 g/mol. The van der Waals surface area contributed by atoms with Crippen LogP contribution < -0.4 is 10.0 Å². The number of aryl methyl sites for hydroxylation is 2. The third-order valence-electron chi connectivity index (χ3n) is 7.15. The molecule has 0 N–H and O–H groups in total. The maximum absolute atomic E-state index is 6.70. The van der Waals surface area contributed by atoms with E-state index in [2.05, 4.69) is 128 Å². The quantitative estimate of drug-likeness (QED) is 0.236. The Morgan fingerprint density at radius 2 is 1.59 bits per heavy atom.